The zero-order valence-electron chi connectivity index (χ0n) is 11.0. The Labute approximate surface area is 116 Å². The van der Waals surface area contributed by atoms with Crippen molar-refractivity contribution in [2.75, 3.05) is 6.26 Å². The second-order valence-corrected chi connectivity index (χ2v) is 6.15. The predicted molar refractivity (Wildman–Crippen MR) is 71.0 cm³/mol. The van der Waals surface area contributed by atoms with E-state index in [9.17, 15) is 12.8 Å². The number of aromatic nitrogens is 2. The quantitative estimate of drug-likeness (QED) is 0.866. The molecule has 0 saturated heterocycles. The minimum atomic E-state index is -3.27. The van der Waals surface area contributed by atoms with Gasteiger partial charge in [-0.25, -0.2) is 13.4 Å². The summed E-state index contributed by atoms with van der Waals surface area (Å²) in [5.74, 6) is -0.483. The maximum Gasteiger partial charge on any atom is 0.259 e. The predicted octanol–water partition coefficient (Wildman–Crippen LogP) is 2.37. The third-order valence-electron chi connectivity index (χ3n) is 2.63. The molecule has 2 rings (SSSR count). The number of halogens is 1. The van der Waals surface area contributed by atoms with Gasteiger partial charge in [0.1, 0.15) is 12.1 Å². The van der Waals surface area contributed by atoms with Crippen molar-refractivity contribution in [2.24, 2.45) is 0 Å². The van der Waals surface area contributed by atoms with E-state index in [1.54, 1.807) is 6.92 Å². The molecule has 0 saturated carbocycles. The Morgan fingerprint density at radius 3 is 2.40 bits per heavy atom. The van der Waals surface area contributed by atoms with Gasteiger partial charge in [-0.05, 0) is 30.7 Å². The number of ether oxygens (including phenoxy) is 1. The molecule has 0 bridgehead atoms. The number of aryl methyl sites for hydroxylation is 1. The Kier molecular flexibility index (Phi) is 3.99. The lowest BCUT2D eigenvalue weighted by atomic mass is 10.3. The van der Waals surface area contributed by atoms with Gasteiger partial charge in [0.05, 0.1) is 10.6 Å². The Morgan fingerprint density at radius 1 is 1.20 bits per heavy atom. The van der Waals surface area contributed by atoms with Gasteiger partial charge in [-0.1, -0.05) is 6.92 Å². The molecule has 1 aromatic carbocycles. The van der Waals surface area contributed by atoms with Crippen LogP contribution in [0.4, 0.5) is 4.39 Å². The molecule has 0 atom stereocenters. The van der Waals surface area contributed by atoms with Crippen molar-refractivity contribution in [1.82, 2.24) is 9.97 Å². The Morgan fingerprint density at radius 2 is 1.85 bits per heavy atom. The molecule has 20 heavy (non-hydrogen) atoms. The summed E-state index contributed by atoms with van der Waals surface area (Å²) in [6.07, 6.45) is 2.76. The van der Waals surface area contributed by atoms with Gasteiger partial charge in [-0.3, -0.25) is 0 Å². The number of benzene rings is 1. The van der Waals surface area contributed by atoms with Crippen molar-refractivity contribution in [1.29, 1.82) is 0 Å². The number of rotatable bonds is 4. The zero-order chi connectivity index (χ0) is 14.8. The first-order valence-electron chi connectivity index (χ1n) is 5.89. The number of sulfone groups is 1. The molecule has 0 spiro atoms. The third kappa shape index (κ3) is 3.11. The first kappa shape index (κ1) is 14.4. The molecule has 2 aromatic rings. The number of nitrogens with zero attached hydrogens (tertiary/aromatic N) is 2. The fourth-order valence-corrected chi connectivity index (χ4v) is 2.20. The maximum absolute atomic E-state index is 13.9. The summed E-state index contributed by atoms with van der Waals surface area (Å²) < 4.78 is 41.8. The van der Waals surface area contributed by atoms with Crippen molar-refractivity contribution in [3.63, 3.8) is 0 Å². The monoisotopic (exact) mass is 296 g/mol. The second kappa shape index (κ2) is 5.54. The molecule has 0 aliphatic carbocycles. The molecule has 0 aliphatic rings. The van der Waals surface area contributed by atoms with Gasteiger partial charge in [0.15, 0.2) is 9.84 Å². The Balaban J connectivity index is 2.27. The topological polar surface area (TPSA) is 69.2 Å². The maximum atomic E-state index is 13.9. The molecule has 0 radical (unpaired) electrons. The molecule has 7 heteroatoms. The molecule has 106 valence electrons. The van der Waals surface area contributed by atoms with Crippen molar-refractivity contribution >= 4 is 9.84 Å². The Hall–Kier alpha value is -2.02. The summed E-state index contributed by atoms with van der Waals surface area (Å²) in [5, 5.41) is 0. The van der Waals surface area contributed by atoms with E-state index >= 15 is 0 Å². The van der Waals surface area contributed by atoms with E-state index in [-0.39, 0.29) is 16.5 Å². The minimum absolute atomic E-state index is 0.169. The highest BCUT2D eigenvalue weighted by atomic mass is 32.2. The molecule has 0 N–H and O–H groups in total. The van der Waals surface area contributed by atoms with E-state index in [1.165, 1.54) is 30.6 Å². The summed E-state index contributed by atoms with van der Waals surface area (Å²) in [4.78, 5) is 7.70. The van der Waals surface area contributed by atoms with Gasteiger partial charge in [-0.15, -0.1) is 0 Å². The van der Waals surface area contributed by atoms with E-state index in [0.29, 0.717) is 12.2 Å². The largest absolute Gasteiger partial charge is 0.436 e. The molecule has 1 aromatic heterocycles. The van der Waals surface area contributed by atoms with Crippen molar-refractivity contribution in [2.45, 2.75) is 18.2 Å². The summed E-state index contributed by atoms with van der Waals surface area (Å²) in [6, 6.07) is 5.68. The smallest absolute Gasteiger partial charge is 0.259 e. The fourth-order valence-electron chi connectivity index (χ4n) is 1.57. The van der Waals surface area contributed by atoms with Crippen LogP contribution in [-0.4, -0.2) is 24.6 Å². The van der Waals surface area contributed by atoms with E-state index in [1.807, 2.05) is 0 Å². The summed E-state index contributed by atoms with van der Waals surface area (Å²) >= 11 is 0. The average Bonchev–Trinajstić information content (AvgIpc) is 2.41. The first-order chi connectivity index (χ1) is 9.41. The van der Waals surface area contributed by atoms with E-state index in [2.05, 4.69) is 9.97 Å². The van der Waals surface area contributed by atoms with Crippen LogP contribution < -0.4 is 4.74 Å². The second-order valence-electron chi connectivity index (χ2n) is 4.14. The van der Waals surface area contributed by atoms with Crippen molar-refractivity contribution in [3.05, 3.63) is 42.1 Å². The molecule has 1 heterocycles. The van der Waals surface area contributed by atoms with Gasteiger partial charge < -0.3 is 4.74 Å². The third-order valence-corrected chi connectivity index (χ3v) is 3.76. The first-order valence-corrected chi connectivity index (χ1v) is 7.78. The Bertz CT molecular complexity index is 715. The highest BCUT2D eigenvalue weighted by molar-refractivity contribution is 7.90. The standard InChI is InChI=1S/C13H13FN2O3S/c1-3-11-12(14)13(16-8-15-11)19-9-4-6-10(7-5-9)20(2,17)18/h4-8H,3H2,1-2H3. The number of hydrogen-bond donors (Lipinski definition) is 0. The molecule has 0 aliphatic heterocycles. The van der Waals surface area contributed by atoms with Gasteiger partial charge in [0.2, 0.25) is 5.82 Å². The van der Waals surface area contributed by atoms with Crippen molar-refractivity contribution < 1.29 is 17.5 Å². The lowest BCUT2D eigenvalue weighted by Gasteiger charge is -2.07. The van der Waals surface area contributed by atoms with Crippen LogP contribution in [0.5, 0.6) is 11.6 Å². The lowest BCUT2D eigenvalue weighted by molar-refractivity contribution is 0.415. The fraction of sp³-hybridized carbons (Fsp3) is 0.231. The van der Waals surface area contributed by atoms with Gasteiger partial charge in [-0.2, -0.15) is 9.37 Å². The van der Waals surface area contributed by atoms with Crippen LogP contribution in [0.3, 0.4) is 0 Å². The average molecular weight is 296 g/mol. The normalized spacial score (nSPS) is 11.3. The molecule has 0 fully saturated rings. The lowest BCUT2D eigenvalue weighted by Crippen LogP contribution is -2.00. The van der Waals surface area contributed by atoms with Crippen LogP contribution >= 0.6 is 0 Å². The summed E-state index contributed by atoms with van der Waals surface area (Å²) in [5.41, 5.74) is 0.266. The van der Waals surface area contributed by atoms with Crippen molar-refractivity contribution in [3.8, 4) is 11.6 Å². The highest BCUT2D eigenvalue weighted by Gasteiger charge is 2.12. The van der Waals surface area contributed by atoms with Crippen LogP contribution in [0.1, 0.15) is 12.6 Å². The summed E-state index contributed by atoms with van der Waals surface area (Å²) in [7, 11) is -3.27. The minimum Gasteiger partial charge on any atom is -0.436 e. The van der Waals surface area contributed by atoms with Gasteiger partial charge >= 0.3 is 0 Å². The molecular formula is C13H13FN2O3S. The van der Waals surface area contributed by atoms with E-state index < -0.39 is 15.7 Å². The van der Waals surface area contributed by atoms with Crippen LogP contribution in [0, 0.1) is 5.82 Å². The molecule has 5 nitrogen and oxygen atoms in total. The summed E-state index contributed by atoms with van der Waals surface area (Å²) in [6.45, 7) is 1.77. The van der Waals surface area contributed by atoms with Crippen LogP contribution in [0.2, 0.25) is 0 Å². The highest BCUT2D eigenvalue weighted by Crippen LogP contribution is 2.24. The van der Waals surface area contributed by atoms with Crippen LogP contribution in [0.25, 0.3) is 0 Å². The van der Waals surface area contributed by atoms with Gasteiger partial charge in [0, 0.05) is 6.26 Å². The van der Waals surface area contributed by atoms with E-state index in [4.69, 9.17) is 4.74 Å². The van der Waals surface area contributed by atoms with Gasteiger partial charge in [0.25, 0.3) is 5.88 Å². The molecule has 0 amide bonds. The van der Waals surface area contributed by atoms with Crippen LogP contribution in [0.15, 0.2) is 35.5 Å². The SMILES string of the molecule is CCc1ncnc(Oc2ccc(S(C)(=O)=O)cc2)c1F. The number of hydrogen-bond acceptors (Lipinski definition) is 5. The van der Waals surface area contributed by atoms with E-state index in [0.717, 1.165) is 6.26 Å². The molecule has 0 unspecified atom stereocenters. The zero-order valence-corrected chi connectivity index (χ0v) is 11.8. The van der Waals surface area contributed by atoms with Crippen LogP contribution in [-0.2, 0) is 16.3 Å². The molecular weight excluding hydrogens is 283 g/mol.